The van der Waals surface area contributed by atoms with Gasteiger partial charge in [-0.15, -0.1) is 0 Å². The highest BCUT2D eigenvalue weighted by atomic mass is 35.5. The second-order valence-corrected chi connectivity index (χ2v) is 4.37. The van der Waals surface area contributed by atoms with Gasteiger partial charge in [0.1, 0.15) is 0 Å². The first-order valence-electron chi connectivity index (χ1n) is 5.54. The number of pyridine rings is 1. The number of halogens is 1. The fourth-order valence-corrected chi connectivity index (χ4v) is 2.24. The minimum absolute atomic E-state index is 0.0456. The van der Waals surface area contributed by atoms with E-state index in [1.165, 1.54) is 6.07 Å². The molecule has 0 atom stereocenters. The molecule has 2 aromatic heterocycles. The predicted octanol–water partition coefficient (Wildman–Crippen LogP) is 3.56. The molecule has 0 N–H and O–H groups in total. The molecule has 0 saturated heterocycles. The lowest BCUT2D eigenvalue weighted by Crippen LogP contribution is -1.94. The van der Waals surface area contributed by atoms with Gasteiger partial charge in [0, 0.05) is 12.3 Å². The van der Waals surface area contributed by atoms with Crippen molar-refractivity contribution in [2.24, 2.45) is 0 Å². The average molecular weight is 274 g/mol. The average Bonchev–Trinajstić information content (AvgIpc) is 2.84. The third-order valence-electron chi connectivity index (χ3n) is 2.86. The van der Waals surface area contributed by atoms with Crippen LogP contribution in [0.1, 0.15) is 0 Å². The molecule has 0 unspecified atom stereocenters. The first kappa shape index (κ1) is 11.7. The van der Waals surface area contributed by atoms with Gasteiger partial charge in [-0.1, -0.05) is 23.7 Å². The number of fused-ring (bicyclic) bond motifs is 1. The Kier molecular flexibility index (Phi) is 2.68. The third kappa shape index (κ3) is 1.84. The normalized spacial score (nSPS) is 10.8. The van der Waals surface area contributed by atoms with E-state index < -0.39 is 4.92 Å². The second-order valence-electron chi connectivity index (χ2n) is 3.97. The molecular formula is C13H8ClN3O2. The van der Waals surface area contributed by atoms with Crippen molar-refractivity contribution in [2.45, 2.75) is 0 Å². The van der Waals surface area contributed by atoms with E-state index in [0.29, 0.717) is 21.9 Å². The number of rotatable bonds is 2. The van der Waals surface area contributed by atoms with Crippen LogP contribution in [0.5, 0.6) is 0 Å². The van der Waals surface area contributed by atoms with Crippen LogP contribution in [0.25, 0.3) is 16.9 Å². The monoisotopic (exact) mass is 273 g/mol. The number of hydrogen-bond acceptors (Lipinski definition) is 3. The minimum Gasteiger partial charge on any atom is -0.298 e. The smallest absolute Gasteiger partial charge is 0.278 e. The zero-order valence-corrected chi connectivity index (χ0v) is 10.4. The van der Waals surface area contributed by atoms with Crippen LogP contribution in [0.4, 0.5) is 5.69 Å². The maximum Gasteiger partial charge on any atom is 0.278 e. The summed E-state index contributed by atoms with van der Waals surface area (Å²) in [7, 11) is 0. The van der Waals surface area contributed by atoms with E-state index in [2.05, 4.69) is 4.98 Å². The third-order valence-corrected chi connectivity index (χ3v) is 3.16. The Hall–Kier alpha value is -2.40. The van der Waals surface area contributed by atoms with Crippen molar-refractivity contribution in [3.63, 3.8) is 0 Å². The van der Waals surface area contributed by atoms with Crippen LogP contribution in [-0.2, 0) is 0 Å². The molecule has 0 aliphatic heterocycles. The van der Waals surface area contributed by atoms with Crippen molar-refractivity contribution in [1.82, 2.24) is 9.38 Å². The molecule has 6 heteroatoms. The summed E-state index contributed by atoms with van der Waals surface area (Å²) in [5.74, 6) is 0. The number of imidazole rings is 1. The Balaban J connectivity index is 2.32. The highest BCUT2D eigenvalue weighted by molar-refractivity contribution is 6.33. The van der Waals surface area contributed by atoms with Crippen molar-refractivity contribution in [1.29, 1.82) is 0 Å². The van der Waals surface area contributed by atoms with Gasteiger partial charge in [0.2, 0.25) is 0 Å². The number of benzene rings is 1. The van der Waals surface area contributed by atoms with E-state index >= 15 is 0 Å². The molecule has 0 fully saturated rings. The molecule has 0 saturated carbocycles. The largest absolute Gasteiger partial charge is 0.298 e. The number of nitro benzene ring substituents is 1. The molecular weight excluding hydrogens is 266 g/mol. The van der Waals surface area contributed by atoms with Crippen LogP contribution in [0.15, 0.2) is 48.8 Å². The molecule has 0 aliphatic rings. The van der Waals surface area contributed by atoms with E-state index in [-0.39, 0.29) is 5.69 Å². The standard InChI is InChI=1S/C13H8ClN3O2/c14-10-5-3-7-16-12(8-15-13(10)16)9-4-1-2-6-11(9)17(18)19/h1-8H. The predicted molar refractivity (Wildman–Crippen MR) is 72.3 cm³/mol. The number of aromatic nitrogens is 2. The van der Waals surface area contributed by atoms with Gasteiger partial charge in [0.15, 0.2) is 5.65 Å². The van der Waals surface area contributed by atoms with Crippen LogP contribution in [-0.4, -0.2) is 14.3 Å². The minimum atomic E-state index is -0.403. The van der Waals surface area contributed by atoms with Crippen LogP contribution < -0.4 is 0 Å². The Labute approximate surface area is 113 Å². The Morgan fingerprint density at radius 2 is 2.00 bits per heavy atom. The molecule has 2 heterocycles. The molecule has 3 aromatic rings. The first-order valence-corrected chi connectivity index (χ1v) is 5.91. The topological polar surface area (TPSA) is 60.4 Å². The van der Waals surface area contributed by atoms with Crippen molar-refractivity contribution in [2.75, 3.05) is 0 Å². The number of nitro groups is 1. The molecule has 19 heavy (non-hydrogen) atoms. The maximum atomic E-state index is 11.1. The number of hydrogen-bond donors (Lipinski definition) is 0. The second kappa shape index (κ2) is 4.37. The molecule has 0 radical (unpaired) electrons. The van der Waals surface area contributed by atoms with E-state index in [1.54, 1.807) is 47.1 Å². The Morgan fingerprint density at radius 1 is 1.21 bits per heavy atom. The number of para-hydroxylation sites is 1. The van der Waals surface area contributed by atoms with Gasteiger partial charge in [0.05, 0.1) is 27.4 Å². The molecule has 0 bridgehead atoms. The van der Waals surface area contributed by atoms with Crippen molar-refractivity contribution >= 4 is 22.9 Å². The molecule has 0 amide bonds. The van der Waals surface area contributed by atoms with E-state index in [1.807, 2.05) is 0 Å². The lowest BCUT2D eigenvalue weighted by molar-refractivity contribution is -0.384. The summed E-state index contributed by atoms with van der Waals surface area (Å²) in [5.41, 5.74) is 1.79. The Morgan fingerprint density at radius 3 is 2.79 bits per heavy atom. The van der Waals surface area contributed by atoms with Gasteiger partial charge in [0.25, 0.3) is 5.69 Å². The highest BCUT2D eigenvalue weighted by Crippen LogP contribution is 2.31. The summed E-state index contributed by atoms with van der Waals surface area (Å²) < 4.78 is 1.74. The van der Waals surface area contributed by atoms with Gasteiger partial charge in [-0.25, -0.2) is 4.98 Å². The van der Waals surface area contributed by atoms with E-state index in [0.717, 1.165) is 0 Å². The summed E-state index contributed by atoms with van der Waals surface area (Å²) in [5, 5.41) is 11.6. The van der Waals surface area contributed by atoms with E-state index in [4.69, 9.17) is 11.6 Å². The molecule has 94 valence electrons. The van der Waals surface area contributed by atoms with Gasteiger partial charge in [-0.2, -0.15) is 0 Å². The summed E-state index contributed by atoms with van der Waals surface area (Å²) in [6, 6.07) is 10.1. The fraction of sp³-hybridized carbons (Fsp3) is 0. The molecule has 0 spiro atoms. The van der Waals surface area contributed by atoms with Crippen LogP contribution in [0.2, 0.25) is 5.02 Å². The maximum absolute atomic E-state index is 11.1. The van der Waals surface area contributed by atoms with Crippen molar-refractivity contribution in [3.05, 3.63) is 63.9 Å². The summed E-state index contributed by atoms with van der Waals surface area (Å²) >= 11 is 6.04. The van der Waals surface area contributed by atoms with Crippen LogP contribution >= 0.6 is 11.6 Å². The highest BCUT2D eigenvalue weighted by Gasteiger charge is 2.17. The lowest BCUT2D eigenvalue weighted by atomic mass is 10.1. The summed E-state index contributed by atoms with van der Waals surface area (Å²) in [6.45, 7) is 0. The first-order chi connectivity index (χ1) is 9.18. The van der Waals surface area contributed by atoms with Gasteiger partial charge in [-0.3, -0.25) is 14.5 Å². The summed E-state index contributed by atoms with van der Waals surface area (Å²) in [4.78, 5) is 14.9. The molecule has 3 rings (SSSR count). The van der Waals surface area contributed by atoms with Gasteiger partial charge < -0.3 is 0 Å². The van der Waals surface area contributed by atoms with Gasteiger partial charge >= 0.3 is 0 Å². The zero-order valence-electron chi connectivity index (χ0n) is 9.65. The summed E-state index contributed by atoms with van der Waals surface area (Å²) in [6.07, 6.45) is 3.36. The zero-order chi connectivity index (χ0) is 13.4. The fourth-order valence-electron chi connectivity index (χ4n) is 2.03. The van der Waals surface area contributed by atoms with Crippen LogP contribution in [0, 0.1) is 10.1 Å². The Bertz CT molecular complexity index is 782. The van der Waals surface area contributed by atoms with Gasteiger partial charge in [-0.05, 0) is 18.2 Å². The molecule has 0 aliphatic carbocycles. The quantitative estimate of drug-likeness (QED) is 0.530. The van der Waals surface area contributed by atoms with Crippen molar-refractivity contribution < 1.29 is 4.92 Å². The SMILES string of the molecule is O=[N+]([O-])c1ccccc1-c1cnc2c(Cl)cccn12. The lowest BCUT2D eigenvalue weighted by Gasteiger charge is -2.03. The number of nitrogens with zero attached hydrogens (tertiary/aromatic N) is 3. The molecule has 1 aromatic carbocycles. The van der Waals surface area contributed by atoms with Crippen molar-refractivity contribution in [3.8, 4) is 11.3 Å². The van der Waals surface area contributed by atoms with E-state index in [9.17, 15) is 10.1 Å². The van der Waals surface area contributed by atoms with Crippen LogP contribution in [0.3, 0.4) is 0 Å². The molecule has 5 nitrogen and oxygen atoms in total.